The van der Waals surface area contributed by atoms with E-state index in [4.69, 9.17) is 14.2 Å². The number of unbranched alkanes of at least 4 members (excludes halogenated alkanes) is 26. The molecule has 1 saturated heterocycles. The molecule has 0 aromatic rings. The van der Waals surface area contributed by atoms with Crippen LogP contribution in [0.2, 0.25) is 0 Å². The van der Waals surface area contributed by atoms with Crippen LogP contribution in [0.3, 0.4) is 0 Å². The molecular weight excluding hydrogens is 1040 g/mol. The van der Waals surface area contributed by atoms with Crippen LogP contribution in [0.4, 0.5) is 0 Å². The van der Waals surface area contributed by atoms with Crippen molar-refractivity contribution >= 4 is 11.9 Å². The Morgan fingerprint density at radius 3 is 1.33 bits per heavy atom. The van der Waals surface area contributed by atoms with Crippen molar-refractivity contribution in [3.8, 4) is 0 Å². The zero-order chi connectivity index (χ0) is 60.3. The lowest BCUT2D eigenvalue weighted by Gasteiger charge is -2.41. The predicted octanol–water partition coefficient (Wildman–Crippen LogP) is 16.8. The van der Waals surface area contributed by atoms with Crippen molar-refractivity contribution in [2.45, 2.75) is 320 Å². The number of hydrogen-bond donors (Lipinski definition) is 6. The van der Waals surface area contributed by atoms with Crippen LogP contribution < -0.4 is 5.32 Å². The number of allylic oxidation sites excluding steroid dienone is 17. The number of esters is 1. The lowest BCUT2D eigenvalue weighted by Crippen LogP contribution is -2.61. The number of aliphatic hydroxyl groups is 5. The average molecular weight is 1160 g/mol. The second-order valence-electron chi connectivity index (χ2n) is 22.8. The Morgan fingerprint density at radius 1 is 0.482 bits per heavy atom. The van der Waals surface area contributed by atoms with E-state index < -0.39 is 67.4 Å². The molecule has 1 aliphatic rings. The molecule has 1 heterocycles. The van der Waals surface area contributed by atoms with E-state index in [9.17, 15) is 35.1 Å². The highest BCUT2D eigenvalue weighted by Crippen LogP contribution is 2.26. The van der Waals surface area contributed by atoms with Crippen molar-refractivity contribution in [3.05, 3.63) is 109 Å². The van der Waals surface area contributed by atoms with Gasteiger partial charge in [0.05, 0.1) is 25.4 Å². The smallest absolute Gasteiger partial charge is 0.306 e. The lowest BCUT2D eigenvalue weighted by atomic mass is 9.99. The summed E-state index contributed by atoms with van der Waals surface area (Å²) >= 11 is 0. The highest BCUT2D eigenvalue weighted by molar-refractivity contribution is 5.80. The van der Waals surface area contributed by atoms with Crippen LogP contribution in [0, 0.1) is 0 Å². The first-order chi connectivity index (χ1) is 40.7. The number of ether oxygens (including phenoxy) is 3. The topological polar surface area (TPSA) is 175 Å². The highest BCUT2D eigenvalue weighted by atomic mass is 16.7. The molecule has 0 aromatic carbocycles. The van der Waals surface area contributed by atoms with E-state index in [1.54, 1.807) is 6.08 Å². The maximum Gasteiger partial charge on any atom is 0.306 e. The number of nitrogens with one attached hydrogen (secondary N) is 1. The molecule has 0 saturated carbocycles. The Morgan fingerprint density at radius 2 is 0.867 bits per heavy atom. The molecule has 0 aliphatic carbocycles. The molecule has 0 radical (unpaired) electrons. The number of aliphatic hydroxyl groups excluding tert-OH is 5. The Hall–Kier alpha value is -3.68. The summed E-state index contributed by atoms with van der Waals surface area (Å²) in [4.78, 5) is 26.6. The third-order valence-electron chi connectivity index (χ3n) is 15.2. The van der Waals surface area contributed by atoms with Crippen molar-refractivity contribution in [3.63, 3.8) is 0 Å². The third kappa shape index (κ3) is 46.2. The molecule has 8 atom stereocenters. The first-order valence-electron chi connectivity index (χ1n) is 33.7. The van der Waals surface area contributed by atoms with E-state index in [-0.39, 0.29) is 19.4 Å². The molecule has 1 fully saturated rings. The molecule has 0 bridgehead atoms. The van der Waals surface area contributed by atoms with Crippen LogP contribution in [0.1, 0.15) is 271 Å². The Kier molecular flexibility index (Phi) is 54.7. The largest absolute Gasteiger partial charge is 0.454 e. The molecule has 476 valence electrons. The Labute approximate surface area is 507 Å². The molecule has 1 aliphatic heterocycles. The van der Waals surface area contributed by atoms with Crippen LogP contribution in [-0.2, 0) is 23.8 Å². The summed E-state index contributed by atoms with van der Waals surface area (Å²) in [6.45, 7) is 5.62. The molecule has 83 heavy (non-hydrogen) atoms. The van der Waals surface area contributed by atoms with Gasteiger partial charge >= 0.3 is 5.97 Å². The molecule has 0 aromatic heterocycles. The first kappa shape index (κ1) is 77.3. The van der Waals surface area contributed by atoms with E-state index in [0.29, 0.717) is 12.8 Å². The molecule has 8 unspecified atom stereocenters. The SMILES string of the molecule is CC/C=C\C/C=C\C/C=C\C/C=C\C/C=C\CCCCC(O)C(=O)NC(COC1OC(CO)C(O)C(O)C1OC(=O)CCCCCCCCCCCCCC/C=C\C/C=C\C/C=C\CCCCC)C(O)/C=C/CCCCCCCCCCC. The minimum absolute atomic E-state index is 0.112. The molecule has 11 nitrogen and oxygen atoms in total. The molecule has 11 heteroatoms. The Bertz CT molecular complexity index is 1770. The van der Waals surface area contributed by atoms with Gasteiger partial charge in [0.2, 0.25) is 5.91 Å². The van der Waals surface area contributed by atoms with E-state index in [1.165, 1.54) is 116 Å². The zero-order valence-electron chi connectivity index (χ0n) is 52.8. The quantitative estimate of drug-likeness (QED) is 0.0195. The number of rotatable bonds is 56. The molecular formula is C72H123NO10. The van der Waals surface area contributed by atoms with Gasteiger partial charge in [0.25, 0.3) is 0 Å². The van der Waals surface area contributed by atoms with Gasteiger partial charge in [-0.2, -0.15) is 0 Å². The first-order valence-corrected chi connectivity index (χ1v) is 33.7. The highest BCUT2D eigenvalue weighted by Gasteiger charge is 2.47. The maximum atomic E-state index is 13.4. The van der Waals surface area contributed by atoms with Crippen LogP contribution in [-0.4, -0.2) is 99.6 Å². The second kappa shape index (κ2) is 58.7. The summed E-state index contributed by atoms with van der Waals surface area (Å²) in [7, 11) is 0. The van der Waals surface area contributed by atoms with E-state index in [1.807, 2.05) is 6.08 Å². The van der Waals surface area contributed by atoms with E-state index >= 15 is 0 Å². The van der Waals surface area contributed by atoms with Crippen LogP contribution in [0.15, 0.2) is 109 Å². The summed E-state index contributed by atoms with van der Waals surface area (Å²) in [5, 5.41) is 57.1. The fraction of sp³-hybridized carbons (Fsp3) is 0.722. The van der Waals surface area contributed by atoms with Crippen molar-refractivity contribution in [1.29, 1.82) is 0 Å². The number of carbonyl (C=O) groups excluding carboxylic acids is 2. The van der Waals surface area contributed by atoms with Gasteiger partial charge in [-0.1, -0.05) is 265 Å². The second-order valence-corrected chi connectivity index (χ2v) is 22.8. The molecule has 1 amide bonds. The van der Waals surface area contributed by atoms with Gasteiger partial charge in [-0.05, 0) is 109 Å². The van der Waals surface area contributed by atoms with Gasteiger partial charge in [0.1, 0.15) is 24.4 Å². The van der Waals surface area contributed by atoms with Gasteiger partial charge in [-0.25, -0.2) is 0 Å². The van der Waals surface area contributed by atoms with Crippen molar-refractivity contribution in [1.82, 2.24) is 5.32 Å². The molecule has 0 spiro atoms. The van der Waals surface area contributed by atoms with E-state index in [2.05, 4.69) is 123 Å². The van der Waals surface area contributed by atoms with Gasteiger partial charge < -0.3 is 45.1 Å². The Balaban J connectivity index is 2.60. The van der Waals surface area contributed by atoms with E-state index in [0.717, 1.165) is 109 Å². The van der Waals surface area contributed by atoms with Gasteiger partial charge in [0, 0.05) is 6.42 Å². The van der Waals surface area contributed by atoms with Crippen LogP contribution in [0.5, 0.6) is 0 Å². The zero-order valence-corrected chi connectivity index (χ0v) is 52.8. The summed E-state index contributed by atoms with van der Waals surface area (Å²) in [5.74, 6) is -1.23. The van der Waals surface area contributed by atoms with Crippen LogP contribution in [0.25, 0.3) is 0 Å². The number of hydrogen-bond acceptors (Lipinski definition) is 10. The minimum atomic E-state index is -1.63. The standard InChI is InChI=1S/C72H123NO10/c1-4-7-10-13-16-19-22-24-26-28-30-31-32-33-34-35-36-38-40-42-45-48-51-54-57-60-67(77)83-70-69(79)68(78)66(61-74)82-72(70)81-62-63(64(75)58-55-52-49-46-43-21-18-15-12-9-6-3)73-71(80)65(76)59-56-53-50-47-44-41-39-37-29-27-25-23-20-17-14-11-8-5-2/h8,11,16-17,19-20,24-27,30-31,37,39,44,47,55,58,63-66,68-70,72,74-76,78-79H,4-7,9-10,12-15,18,21-23,28-29,32-36,38,40-43,45-46,48-54,56-57,59-62H2,1-3H3,(H,73,80)/b11-8-,19-16-,20-17-,26-24-,27-25-,31-30-,39-37-,47-44-,58-55+. The monoisotopic (exact) mass is 1160 g/mol. The summed E-state index contributed by atoms with van der Waals surface area (Å²) in [5.41, 5.74) is 0. The third-order valence-corrected chi connectivity index (χ3v) is 15.2. The lowest BCUT2D eigenvalue weighted by molar-refractivity contribution is -0.305. The summed E-state index contributed by atoms with van der Waals surface area (Å²) in [6.07, 6.45) is 69.9. The summed E-state index contributed by atoms with van der Waals surface area (Å²) < 4.78 is 17.6. The van der Waals surface area contributed by atoms with Crippen LogP contribution >= 0.6 is 0 Å². The van der Waals surface area contributed by atoms with Crippen molar-refractivity contribution in [2.24, 2.45) is 0 Å². The van der Waals surface area contributed by atoms with Crippen molar-refractivity contribution in [2.75, 3.05) is 13.2 Å². The maximum absolute atomic E-state index is 13.4. The van der Waals surface area contributed by atoms with Gasteiger partial charge in [-0.3, -0.25) is 9.59 Å². The number of amides is 1. The average Bonchev–Trinajstić information content (AvgIpc) is 3.64. The fourth-order valence-corrected chi connectivity index (χ4v) is 9.86. The molecule has 1 rings (SSSR count). The molecule has 6 N–H and O–H groups in total. The van der Waals surface area contributed by atoms with Crippen molar-refractivity contribution < 1.29 is 49.3 Å². The normalized spacial score (nSPS) is 19.3. The van der Waals surface area contributed by atoms with Gasteiger partial charge in [-0.15, -0.1) is 0 Å². The van der Waals surface area contributed by atoms with Gasteiger partial charge in [0.15, 0.2) is 12.4 Å². The predicted molar refractivity (Wildman–Crippen MR) is 347 cm³/mol. The number of carbonyl (C=O) groups is 2. The fourth-order valence-electron chi connectivity index (χ4n) is 9.86. The summed E-state index contributed by atoms with van der Waals surface area (Å²) in [6, 6.07) is -1.05. The minimum Gasteiger partial charge on any atom is -0.454 e.